The van der Waals surface area contributed by atoms with Gasteiger partial charge in [-0.2, -0.15) is 10.2 Å². The van der Waals surface area contributed by atoms with E-state index >= 15 is 0 Å². The molecule has 0 saturated heterocycles. The van der Waals surface area contributed by atoms with E-state index in [9.17, 15) is 4.79 Å². The highest BCUT2D eigenvalue weighted by Gasteiger charge is 2.36. The molecule has 0 saturated carbocycles. The number of hydrogen-bond donors (Lipinski definition) is 0. The number of hydrogen-bond acceptors (Lipinski definition) is 3. The van der Waals surface area contributed by atoms with Crippen molar-refractivity contribution in [1.29, 1.82) is 0 Å². The Morgan fingerprint density at radius 1 is 0.750 bits per heavy atom. The van der Waals surface area contributed by atoms with Crippen molar-refractivity contribution >= 4 is 18.5 Å². The zero-order chi connectivity index (χ0) is 16.4. The van der Waals surface area contributed by atoms with E-state index in [-0.39, 0.29) is 18.1 Å². The molecule has 0 fully saturated rings. The molecule has 2 heterocycles. The second-order valence-electron chi connectivity index (χ2n) is 5.89. The fourth-order valence-electron chi connectivity index (χ4n) is 3.21. The van der Waals surface area contributed by atoms with Crippen molar-refractivity contribution in [2.75, 3.05) is 0 Å². The molecule has 4 rings (SSSR count). The zero-order valence-electron chi connectivity index (χ0n) is 13.2. The molecule has 5 nitrogen and oxygen atoms in total. The highest BCUT2D eigenvalue weighted by atomic mass is 16.2. The summed E-state index contributed by atoms with van der Waals surface area (Å²) in [4.78, 5) is 13.0. The number of amides is 2. The summed E-state index contributed by atoms with van der Waals surface area (Å²) in [6.07, 6.45) is 5.05. The molecular formula is C19H18N4O. The first-order valence-electron chi connectivity index (χ1n) is 8.12. The van der Waals surface area contributed by atoms with Crippen LogP contribution in [0, 0.1) is 0 Å². The second kappa shape index (κ2) is 6.28. The Balaban J connectivity index is 1.58. The van der Waals surface area contributed by atoms with E-state index in [1.54, 1.807) is 22.4 Å². The molecule has 0 bridgehead atoms. The fraction of sp³-hybridized carbons (Fsp3) is 0.211. The molecule has 0 unspecified atom stereocenters. The molecule has 0 aliphatic carbocycles. The average Bonchev–Trinajstić information content (AvgIpc) is 3.32. The van der Waals surface area contributed by atoms with Crippen LogP contribution in [0.4, 0.5) is 4.79 Å². The molecule has 2 amide bonds. The van der Waals surface area contributed by atoms with Gasteiger partial charge in [-0.1, -0.05) is 60.7 Å². The molecule has 120 valence electrons. The quantitative estimate of drug-likeness (QED) is 0.826. The molecular weight excluding hydrogens is 300 g/mol. The van der Waals surface area contributed by atoms with Gasteiger partial charge in [-0.3, -0.25) is 0 Å². The van der Waals surface area contributed by atoms with Crippen molar-refractivity contribution in [2.45, 2.75) is 24.9 Å². The van der Waals surface area contributed by atoms with Crippen molar-refractivity contribution in [2.24, 2.45) is 10.2 Å². The van der Waals surface area contributed by atoms with Crippen LogP contribution in [-0.4, -0.2) is 28.5 Å². The van der Waals surface area contributed by atoms with Gasteiger partial charge in [0.05, 0.1) is 12.1 Å². The van der Waals surface area contributed by atoms with Crippen LogP contribution in [0.1, 0.15) is 36.1 Å². The number of carbonyl (C=O) groups is 1. The summed E-state index contributed by atoms with van der Waals surface area (Å²) in [5.41, 5.74) is 2.17. The lowest BCUT2D eigenvalue weighted by atomic mass is 10.0. The highest BCUT2D eigenvalue weighted by molar-refractivity contribution is 5.81. The number of nitrogens with zero attached hydrogens (tertiary/aromatic N) is 4. The maximum absolute atomic E-state index is 13.0. The highest BCUT2D eigenvalue weighted by Crippen LogP contribution is 2.34. The van der Waals surface area contributed by atoms with Crippen LogP contribution in [0.5, 0.6) is 0 Å². The van der Waals surface area contributed by atoms with Gasteiger partial charge < -0.3 is 0 Å². The van der Waals surface area contributed by atoms with Gasteiger partial charge in [-0.15, -0.1) is 0 Å². The van der Waals surface area contributed by atoms with Gasteiger partial charge in [0.1, 0.15) is 0 Å². The van der Waals surface area contributed by atoms with Crippen LogP contribution < -0.4 is 0 Å². The minimum absolute atomic E-state index is 0.0640. The molecule has 0 spiro atoms. The minimum atomic E-state index is -0.180. The summed E-state index contributed by atoms with van der Waals surface area (Å²) in [6.45, 7) is 0. The van der Waals surface area contributed by atoms with Crippen LogP contribution in [-0.2, 0) is 0 Å². The first kappa shape index (κ1) is 14.6. The maximum Gasteiger partial charge on any atom is 0.361 e. The minimum Gasteiger partial charge on any atom is -0.244 e. The SMILES string of the molecule is O=C(N1N=CC[C@@H]1c1ccccc1)N1N=CC[C@@H]1c1ccccc1. The van der Waals surface area contributed by atoms with E-state index < -0.39 is 0 Å². The van der Waals surface area contributed by atoms with E-state index in [4.69, 9.17) is 0 Å². The third-order valence-corrected chi connectivity index (χ3v) is 4.42. The number of rotatable bonds is 2. The molecule has 2 aromatic carbocycles. The second-order valence-corrected chi connectivity index (χ2v) is 5.89. The number of hydrazone groups is 2. The molecule has 2 atom stereocenters. The van der Waals surface area contributed by atoms with Crippen molar-refractivity contribution in [3.63, 3.8) is 0 Å². The Bertz CT molecular complexity index is 707. The fourth-order valence-corrected chi connectivity index (χ4v) is 3.21. The molecule has 0 aromatic heterocycles. The van der Waals surface area contributed by atoms with E-state index in [0.29, 0.717) is 0 Å². The Labute approximate surface area is 140 Å². The lowest BCUT2D eigenvalue weighted by Crippen LogP contribution is -2.38. The molecule has 24 heavy (non-hydrogen) atoms. The standard InChI is InChI=1S/C19H18N4O/c24-19(22-17(11-13-20-22)15-7-3-1-4-8-15)23-18(12-14-21-23)16-9-5-2-6-10-16/h1-10,13-14,17-18H,11-12H2/t17-,18-/m1/s1. The lowest BCUT2D eigenvalue weighted by Gasteiger charge is -2.29. The predicted molar refractivity (Wildman–Crippen MR) is 93.7 cm³/mol. The first-order chi connectivity index (χ1) is 11.8. The third-order valence-electron chi connectivity index (χ3n) is 4.42. The Morgan fingerprint density at radius 2 is 1.17 bits per heavy atom. The van der Waals surface area contributed by atoms with E-state index in [0.717, 1.165) is 24.0 Å². The summed E-state index contributed by atoms with van der Waals surface area (Å²) in [5, 5.41) is 11.7. The van der Waals surface area contributed by atoms with Gasteiger partial charge >= 0.3 is 6.03 Å². The van der Waals surface area contributed by atoms with Crippen molar-refractivity contribution in [1.82, 2.24) is 10.0 Å². The number of urea groups is 1. The number of benzene rings is 2. The van der Waals surface area contributed by atoms with Gasteiger partial charge in [0.15, 0.2) is 0 Å². The topological polar surface area (TPSA) is 48.3 Å². The van der Waals surface area contributed by atoms with Gasteiger partial charge in [0.2, 0.25) is 0 Å². The molecule has 2 aliphatic heterocycles. The average molecular weight is 318 g/mol. The molecule has 2 aliphatic rings. The monoisotopic (exact) mass is 318 g/mol. The van der Waals surface area contributed by atoms with Crippen molar-refractivity contribution in [3.8, 4) is 0 Å². The largest absolute Gasteiger partial charge is 0.361 e. The lowest BCUT2D eigenvalue weighted by molar-refractivity contribution is 0.132. The summed E-state index contributed by atoms with van der Waals surface area (Å²) in [6, 6.07) is 19.7. The summed E-state index contributed by atoms with van der Waals surface area (Å²) in [5.74, 6) is 0. The van der Waals surface area contributed by atoms with Gasteiger partial charge in [-0.25, -0.2) is 14.8 Å². The van der Waals surface area contributed by atoms with Crippen molar-refractivity contribution < 1.29 is 4.79 Å². The predicted octanol–water partition coefficient (Wildman–Crippen LogP) is 3.97. The van der Waals surface area contributed by atoms with E-state index in [1.807, 2.05) is 60.7 Å². The van der Waals surface area contributed by atoms with E-state index in [2.05, 4.69) is 10.2 Å². The normalized spacial score (nSPS) is 22.3. The maximum atomic E-state index is 13.0. The van der Waals surface area contributed by atoms with Gasteiger partial charge in [0.25, 0.3) is 0 Å². The summed E-state index contributed by atoms with van der Waals surface area (Å²) >= 11 is 0. The van der Waals surface area contributed by atoms with Crippen LogP contribution in [0.3, 0.4) is 0 Å². The Morgan fingerprint density at radius 3 is 1.58 bits per heavy atom. The molecule has 0 N–H and O–H groups in total. The smallest absolute Gasteiger partial charge is 0.244 e. The van der Waals surface area contributed by atoms with Crippen molar-refractivity contribution in [3.05, 3.63) is 71.8 Å². The molecule has 0 radical (unpaired) electrons. The van der Waals surface area contributed by atoms with E-state index in [1.165, 1.54) is 0 Å². The number of carbonyl (C=O) groups excluding carboxylic acids is 1. The van der Waals surface area contributed by atoms with Crippen LogP contribution >= 0.6 is 0 Å². The Hall–Kier alpha value is -2.95. The van der Waals surface area contributed by atoms with Crippen LogP contribution in [0.2, 0.25) is 0 Å². The van der Waals surface area contributed by atoms with Crippen LogP contribution in [0.15, 0.2) is 70.9 Å². The zero-order valence-corrected chi connectivity index (χ0v) is 13.2. The Kier molecular flexibility index (Phi) is 3.83. The molecule has 5 heteroatoms. The summed E-state index contributed by atoms with van der Waals surface area (Å²) < 4.78 is 0. The van der Waals surface area contributed by atoms with Crippen LogP contribution in [0.25, 0.3) is 0 Å². The molecule has 2 aromatic rings. The van der Waals surface area contributed by atoms with Gasteiger partial charge in [-0.05, 0) is 11.1 Å². The summed E-state index contributed by atoms with van der Waals surface area (Å²) in [7, 11) is 0. The van der Waals surface area contributed by atoms with Gasteiger partial charge in [0, 0.05) is 25.3 Å². The third kappa shape index (κ3) is 2.58. The first-order valence-corrected chi connectivity index (χ1v) is 8.12.